The first kappa shape index (κ1) is 15.2. The van der Waals surface area contributed by atoms with Gasteiger partial charge in [0.1, 0.15) is 5.25 Å². The number of rotatable bonds is 4. The number of carbonyl (C=O) groups excluding carboxylic acids is 1. The van der Waals surface area contributed by atoms with E-state index in [0.29, 0.717) is 0 Å². The Hall–Kier alpha value is -0.880. The van der Waals surface area contributed by atoms with Crippen LogP contribution in [0.15, 0.2) is 24.3 Å². The molecule has 0 amide bonds. The summed E-state index contributed by atoms with van der Waals surface area (Å²) in [6, 6.07) is 5.74. The number of esters is 1. The van der Waals surface area contributed by atoms with Gasteiger partial charge in [-0.25, -0.2) is 0 Å². The largest absolute Gasteiger partial charge is 0.465 e. The average Bonchev–Trinajstić information content (AvgIpc) is 2.25. The molecule has 7 heteroatoms. The molecule has 0 aromatic heterocycles. The van der Waals surface area contributed by atoms with Gasteiger partial charge in [-0.2, -0.15) is 13.2 Å². The van der Waals surface area contributed by atoms with E-state index in [1.54, 1.807) is 0 Å². The summed E-state index contributed by atoms with van der Waals surface area (Å²) in [5, 5.41) is -1.19. The van der Waals surface area contributed by atoms with Gasteiger partial charge in [-0.05, 0) is 36.4 Å². The van der Waals surface area contributed by atoms with Crippen molar-refractivity contribution in [1.29, 1.82) is 0 Å². The Morgan fingerprint density at radius 2 is 2.17 bits per heavy atom. The summed E-state index contributed by atoms with van der Waals surface area (Å²) < 4.78 is 41.9. The number of ether oxygens (including phenoxy) is 1. The third-order valence-corrected chi connectivity index (χ3v) is 3.11. The Balaban J connectivity index is 3.00. The summed E-state index contributed by atoms with van der Waals surface area (Å²) in [7, 11) is 0. The SMILES string of the molecule is CCOC(=O)[C@@H](SC(F)(F)F)c1cccc(Cl)c1. The zero-order valence-corrected chi connectivity index (χ0v) is 10.9. The standard InChI is InChI=1S/C11H10ClF3O2S/c1-2-17-10(16)9(18-11(13,14)15)7-4-3-5-8(12)6-7/h3-6,9H,2H2,1H3/t9-/m0/s1. The minimum atomic E-state index is -4.53. The highest BCUT2D eigenvalue weighted by atomic mass is 35.5. The Kier molecular flexibility index (Phi) is 5.34. The molecule has 0 heterocycles. The molecule has 1 aromatic rings. The fourth-order valence-corrected chi connectivity index (χ4v) is 2.19. The van der Waals surface area contributed by atoms with E-state index in [2.05, 4.69) is 4.74 Å². The second-order valence-corrected chi connectivity index (χ2v) is 4.86. The van der Waals surface area contributed by atoms with Crippen LogP contribution >= 0.6 is 23.4 Å². The smallest absolute Gasteiger partial charge is 0.442 e. The van der Waals surface area contributed by atoms with Crippen molar-refractivity contribution >= 4 is 29.3 Å². The number of carbonyl (C=O) groups is 1. The molecule has 2 nitrogen and oxygen atoms in total. The molecule has 1 rings (SSSR count). The van der Waals surface area contributed by atoms with Gasteiger partial charge >= 0.3 is 11.5 Å². The molecule has 0 saturated carbocycles. The topological polar surface area (TPSA) is 26.3 Å². The number of hydrogen-bond acceptors (Lipinski definition) is 3. The molecule has 0 radical (unpaired) electrons. The van der Waals surface area contributed by atoms with Gasteiger partial charge in [0.05, 0.1) is 6.61 Å². The molecule has 100 valence electrons. The highest BCUT2D eigenvalue weighted by Gasteiger charge is 2.38. The third kappa shape index (κ3) is 4.78. The van der Waals surface area contributed by atoms with E-state index in [1.807, 2.05) is 0 Å². The van der Waals surface area contributed by atoms with Gasteiger partial charge in [0.25, 0.3) is 0 Å². The van der Waals surface area contributed by atoms with E-state index in [0.717, 1.165) is 0 Å². The van der Waals surface area contributed by atoms with Crippen LogP contribution in [0.4, 0.5) is 13.2 Å². The lowest BCUT2D eigenvalue weighted by Crippen LogP contribution is -2.17. The highest BCUT2D eigenvalue weighted by molar-refractivity contribution is 8.01. The molecule has 0 N–H and O–H groups in total. The van der Waals surface area contributed by atoms with Crippen molar-refractivity contribution in [3.8, 4) is 0 Å². The van der Waals surface area contributed by atoms with Crippen LogP contribution in [0.3, 0.4) is 0 Å². The van der Waals surface area contributed by atoms with Gasteiger partial charge in [-0.1, -0.05) is 23.7 Å². The lowest BCUT2D eigenvalue weighted by atomic mass is 10.1. The van der Waals surface area contributed by atoms with Crippen LogP contribution < -0.4 is 0 Å². The molecule has 0 spiro atoms. The molecule has 0 aliphatic heterocycles. The zero-order valence-electron chi connectivity index (χ0n) is 9.33. The number of benzene rings is 1. The van der Waals surface area contributed by atoms with E-state index >= 15 is 0 Å². The summed E-state index contributed by atoms with van der Waals surface area (Å²) in [5.74, 6) is -0.929. The average molecular weight is 299 g/mol. The fourth-order valence-electron chi connectivity index (χ4n) is 1.27. The molecule has 1 aromatic carbocycles. The number of thioether (sulfide) groups is 1. The van der Waals surface area contributed by atoms with Gasteiger partial charge in [-0.3, -0.25) is 4.79 Å². The molecule has 0 unspecified atom stereocenters. The van der Waals surface area contributed by atoms with Crippen molar-refractivity contribution in [3.63, 3.8) is 0 Å². The van der Waals surface area contributed by atoms with Crippen molar-refractivity contribution in [2.45, 2.75) is 17.7 Å². The maximum atomic E-state index is 12.4. The van der Waals surface area contributed by atoms with Crippen LogP contribution in [0.5, 0.6) is 0 Å². The van der Waals surface area contributed by atoms with Crippen LogP contribution in [-0.4, -0.2) is 18.1 Å². The highest BCUT2D eigenvalue weighted by Crippen LogP contribution is 2.43. The maximum Gasteiger partial charge on any atom is 0.442 e. The van der Waals surface area contributed by atoms with Gasteiger partial charge in [0.15, 0.2) is 0 Å². The van der Waals surface area contributed by atoms with Crippen LogP contribution in [0.2, 0.25) is 5.02 Å². The molecular formula is C11H10ClF3O2S. The molecule has 0 fully saturated rings. The van der Waals surface area contributed by atoms with E-state index in [-0.39, 0.29) is 17.2 Å². The minimum Gasteiger partial charge on any atom is -0.465 e. The first-order valence-corrected chi connectivity index (χ1v) is 6.26. The van der Waals surface area contributed by atoms with Crippen molar-refractivity contribution in [3.05, 3.63) is 34.9 Å². The summed E-state index contributed by atoms with van der Waals surface area (Å²) in [6.07, 6.45) is 0. The van der Waals surface area contributed by atoms with Crippen LogP contribution in [0.25, 0.3) is 0 Å². The predicted octanol–water partition coefficient (Wildman–Crippen LogP) is 4.20. The molecule has 1 atom stereocenters. The maximum absolute atomic E-state index is 12.4. The van der Waals surface area contributed by atoms with Crippen molar-refractivity contribution in [2.24, 2.45) is 0 Å². The van der Waals surface area contributed by atoms with E-state index < -0.39 is 28.5 Å². The fraction of sp³-hybridized carbons (Fsp3) is 0.364. The molecule has 18 heavy (non-hydrogen) atoms. The number of alkyl halides is 3. The number of halogens is 4. The van der Waals surface area contributed by atoms with Crippen LogP contribution in [-0.2, 0) is 9.53 Å². The van der Waals surface area contributed by atoms with Crippen molar-refractivity contribution < 1.29 is 22.7 Å². The summed E-state index contributed by atoms with van der Waals surface area (Å²) in [5.41, 5.74) is -4.36. The minimum absolute atomic E-state index is 0.0221. The Morgan fingerprint density at radius 1 is 1.50 bits per heavy atom. The molecular weight excluding hydrogens is 289 g/mol. The van der Waals surface area contributed by atoms with Crippen LogP contribution in [0.1, 0.15) is 17.7 Å². The monoisotopic (exact) mass is 298 g/mol. The number of hydrogen-bond donors (Lipinski definition) is 0. The van der Waals surface area contributed by atoms with E-state index in [1.165, 1.54) is 31.2 Å². The van der Waals surface area contributed by atoms with Gasteiger partial charge in [0.2, 0.25) is 0 Å². The van der Waals surface area contributed by atoms with Gasteiger partial charge in [-0.15, -0.1) is 0 Å². The van der Waals surface area contributed by atoms with Crippen molar-refractivity contribution in [2.75, 3.05) is 6.61 Å². The van der Waals surface area contributed by atoms with Gasteiger partial charge in [0, 0.05) is 5.02 Å². The van der Waals surface area contributed by atoms with E-state index in [9.17, 15) is 18.0 Å². The first-order valence-electron chi connectivity index (χ1n) is 5.00. The van der Waals surface area contributed by atoms with Crippen LogP contribution in [0, 0.1) is 0 Å². The zero-order chi connectivity index (χ0) is 13.8. The quantitative estimate of drug-likeness (QED) is 0.779. The Morgan fingerprint density at radius 3 is 2.67 bits per heavy atom. The Labute approximate surface area is 111 Å². The van der Waals surface area contributed by atoms with Crippen molar-refractivity contribution in [1.82, 2.24) is 0 Å². The molecule has 0 aliphatic carbocycles. The summed E-state index contributed by atoms with van der Waals surface area (Å²) in [4.78, 5) is 11.5. The Bertz CT molecular complexity index is 423. The molecule has 0 saturated heterocycles. The first-order chi connectivity index (χ1) is 8.33. The van der Waals surface area contributed by atoms with Gasteiger partial charge < -0.3 is 4.74 Å². The molecule has 0 aliphatic rings. The van der Waals surface area contributed by atoms with E-state index in [4.69, 9.17) is 11.6 Å². The lowest BCUT2D eigenvalue weighted by Gasteiger charge is -2.17. The predicted molar refractivity (Wildman–Crippen MR) is 64.5 cm³/mol. The second kappa shape index (κ2) is 6.33. The summed E-state index contributed by atoms with van der Waals surface area (Å²) >= 11 is 5.28. The second-order valence-electron chi connectivity index (χ2n) is 3.25. The molecule has 0 bridgehead atoms. The normalized spacial score (nSPS) is 13.2. The summed E-state index contributed by atoms with van der Waals surface area (Å²) in [6.45, 7) is 1.56. The lowest BCUT2D eigenvalue weighted by molar-refractivity contribution is -0.142. The third-order valence-electron chi connectivity index (χ3n) is 1.90.